The van der Waals surface area contributed by atoms with E-state index in [4.69, 9.17) is 0 Å². The molecule has 0 unspecified atom stereocenters. The molecule has 184 valence electrons. The number of rotatable bonds is 3. The Morgan fingerprint density at radius 2 is 1.38 bits per heavy atom. The molecule has 1 aliphatic carbocycles. The van der Waals surface area contributed by atoms with Gasteiger partial charge in [0, 0.05) is 31.9 Å². The molecule has 1 heterocycles. The van der Waals surface area contributed by atoms with Crippen molar-refractivity contribution in [1.29, 1.82) is 0 Å². The summed E-state index contributed by atoms with van der Waals surface area (Å²) >= 11 is 0. The molecule has 4 rings (SSSR count). The molecule has 1 amide bonds. The molecule has 1 aliphatic heterocycles. The number of aryl methyl sites for hydroxylation is 1. The molecule has 0 bridgehead atoms. The fraction of sp³-hybridized carbons (Fsp3) is 0.435. The maximum absolute atomic E-state index is 14.5. The SMILES string of the molecule is Cc1ccc(C(F)(F)F)cc1N1CCN(C(=O)[C@H]2[C@@H](c3ccc(C(F)(F)F)cc3)C2(F)F)CC1. The van der Waals surface area contributed by atoms with Crippen LogP contribution in [-0.2, 0) is 17.1 Å². The van der Waals surface area contributed by atoms with E-state index in [0.717, 1.165) is 24.3 Å². The number of halogens is 8. The molecular weight excluding hydrogens is 472 g/mol. The number of carbonyl (C=O) groups excluding carboxylic acids is 1. The van der Waals surface area contributed by atoms with Crippen molar-refractivity contribution in [2.75, 3.05) is 31.1 Å². The molecule has 2 atom stereocenters. The Morgan fingerprint density at radius 1 is 0.853 bits per heavy atom. The van der Waals surface area contributed by atoms with Crippen LogP contribution in [0.15, 0.2) is 42.5 Å². The van der Waals surface area contributed by atoms with Gasteiger partial charge < -0.3 is 9.80 Å². The Hall–Kier alpha value is -2.85. The van der Waals surface area contributed by atoms with E-state index in [-0.39, 0.29) is 31.7 Å². The zero-order valence-corrected chi connectivity index (χ0v) is 17.9. The van der Waals surface area contributed by atoms with Crippen LogP contribution in [0, 0.1) is 12.8 Å². The third-order valence-corrected chi connectivity index (χ3v) is 6.39. The van der Waals surface area contributed by atoms with Crippen LogP contribution in [0.3, 0.4) is 0 Å². The normalized spacial score (nSPS) is 22.6. The van der Waals surface area contributed by atoms with Gasteiger partial charge in [-0.2, -0.15) is 26.3 Å². The molecule has 0 N–H and O–H groups in total. The van der Waals surface area contributed by atoms with Crippen molar-refractivity contribution < 1.29 is 39.9 Å². The molecule has 0 radical (unpaired) electrons. The number of alkyl halides is 8. The molecule has 11 heteroatoms. The van der Waals surface area contributed by atoms with Gasteiger partial charge in [-0.05, 0) is 42.3 Å². The van der Waals surface area contributed by atoms with E-state index in [1.54, 1.807) is 11.8 Å². The molecule has 3 nitrogen and oxygen atoms in total. The average Bonchev–Trinajstić information content (AvgIpc) is 3.34. The molecule has 2 aromatic rings. The summed E-state index contributed by atoms with van der Waals surface area (Å²) < 4.78 is 106. The van der Waals surface area contributed by atoms with Crippen molar-refractivity contribution in [1.82, 2.24) is 4.90 Å². The van der Waals surface area contributed by atoms with E-state index in [2.05, 4.69) is 0 Å². The van der Waals surface area contributed by atoms with E-state index < -0.39 is 47.1 Å². The number of piperazine rings is 1. The Morgan fingerprint density at radius 3 is 1.91 bits per heavy atom. The van der Waals surface area contributed by atoms with Gasteiger partial charge in [-0.25, -0.2) is 8.78 Å². The van der Waals surface area contributed by atoms with Gasteiger partial charge in [-0.1, -0.05) is 18.2 Å². The Balaban J connectivity index is 1.43. The number of hydrogen-bond donors (Lipinski definition) is 0. The number of anilines is 1. The highest BCUT2D eigenvalue weighted by atomic mass is 19.4. The van der Waals surface area contributed by atoms with Crippen molar-refractivity contribution in [3.63, 3.8) is 0 Å². The molecule has 2 aliphatic rings. The summed E-state index contributed by atoms with van der Waals surface area (Å²) in [4.78, 5) is 15.7. The maximum atomic E-state index is 14.5. The van der Waals surface area contributed by atoms with E-state index in [9.17, 15) is 39.9 Å². The van der Waals surface area contributed by atoms with Gasteiger partial charge in [-0.3, -0.25) is 4.79 Å². The third-order valence-electron chi connectivity index (χ3n) is 6.39. The lowest BCUT2D eigenvalue weighted by Crippen LogP contribution is -2.50. The first-order valence-corrected chi connectivity index (χ1v) is 10.5. The van der Waals surface area contributed by atoms with Crippen molar-refractivity contribution in [3.8, 4) is 0 Å². The fourth-order valence-corrected chi connectivity index (χ4v) is 4.42. The number of hydrogen-bond acceptors (Lipinski definition) is 2. The maximum Gasteiger partial charge on any atom is 0.416 e. The van der Waals surface area contributed by atoms with E-state index in [0.29, 0.717) is 23.4 Å². The van der Waals surface area contributed by atoms with Crippen molar-refractivity contribution >= 4 is 11.6 Å². The van der Waals surface area contributed by atoms with Crippen LogP contribution in [-0.4, -0.2) is 42.9 Å². The van der Waals surface area contributed by atoms with Gasteiger partial charge in [-0.15, -0.1) is 0 Å². The molecule has 0 spiro atoms. The topological polar surface area (TPSA) is 23.6 Å². The van der Waals surface area contributed by atoms with Gasteiger partial charge in [0.2, 0.25) is 5.91 Å². The fourth-order valence-electron chi connectivity index (χ4n) is 4.42. The van der Waals surface area contributed by atoms with E-state index in [1.807, 2.05) is 0 Å². The van der Waals surface area contributed by atoms with Crippen molar-refractivity contribution in [3.05, 3.63) is 64.7 Å². The Labute approximate surface area is 189 Å². The number of amides is 1. The quantitative estimate of drug-likeness (QED) is 0.511. The summed E-state index contributed by atoms with van der Waals surface area (Å²) in [6.07, 6.45) is -9.11. The summed E-state index contributed by atoms with van der Waals surface area (Å²) in [7, 11) is 0. The highest BCUT2D eigenvalue weighted by Crippen LogP contribution is 2.62. The standard InChI is InChI=1S/C23H20F8N2O/c1-13-2-5-16(23(29,30)31)12-17(13)32-8-10-33(11-9-32)20(34)19-18(21(19,24)25)14-3-6-15(7-4-14)22(26,27)28/h2-7,12,18-19H,8-11H2,1H3/t18-,19-/m1/s1. The number of carbonyl (C=O) groups is 1. The Kier molecular flexibility index (Phi) is 5.80. The van der Waals surface area contributed by atoms with Crippen LogP contribution in [0.1, 0.15) is 28.2 Å². The van der Waals surface area contributed by atoms with Crippen molar-refractivity contribution in [2.45, 2.75) is 31.1 Å². The first kappa shape index (κ1) is 24.3. The van der Waals surface area contributed by atoms with Gasteiger partial charge >= 0.3 is 12.4 Å². The van der Waals surface area contributed by atoms with Crippen LogP contribution in [0.25, 0.3) is 0 Å². The first-order chi connectivity index (χ1) is 15.7. The van der Waals surface area contributed by atoms with Crippen LogP contribution < -0.4 is 4.90 Å². The second kappa shape index (κ2) is 8.13. The van der Waals surface area contributed by atoms with Crippen LogP contribution in [0.4, 0.5) is 40.8 Å². The summed E-state index contributed by atoms with van der Waals surface area (Å²) in [6.45, 7) is 2.07. The predicted molar refractivity (Wildman–Crippen MR) is 108 cm³/mol. The molecule has 1 saturated carbocycles. The van der Waals surface area contributed by atoms with Gasteiger partial charge in [0.05, 0.1) is 17.0 Å². The monoisotopic (exact) mass is 492 g/mol. The minimum absolute atomic E-state index is 0.0425. The van der Waals surface area contributed by atoms with Crippen molar-refractivity contribution in [2.24, 2.45) is 5.92 Å². The first-order valence-electron chi connectivity index (χ1n) is 10.5. The lowest BCUT2D eigenvalue weighted by atomic mass is 10.1. The summed E-state index contributed by atoms with van der Waals surface area (Å²) in [5.41, 5.74) is -0.840. The molecule has 1 saturated heterocycles. The zero-order valence-electron chi connectivity index (χ0n) is 17.9. The average molecular weight is 492 g/mol. The van der Waals surface area contributed by atoms with Gasteiger partial charge in [0.1, 0.15) is 5.92 Å². The number of nitrogens with zero attached hydrogens (tertiary/aromatic N) is 2. The third kappa shape index (κ3) is 4.44. The van der Waals surface area contributed by atoms with E-state index in [1.165, 1.54) is 11.0 Å². The summed E-state index contributed by atoms with van der Waals surface area (Å²) in [6, 6.07) is 6.71. The largest absolute Gasteiger partial charge is 0.416 e. The van der Waals surface area contributed by atoms with Gasteiger partial charge in [0.25, 0.3) is 5.92 Å². The van der Waals surface area contributed by atoms with Crippen LogP contribution >= 0.6 is 0 Å². The lowest BCUT2D eigenvalue weighted by molar-refractivity contribution is -0.138. The summed E-state index contributed by atoms with van der Waals surface area (Å²) in [5, 5.41) is 0. The molecule has 34 heavy (non-hydrogen) atoms. The molecular formula is C23H20F8N2O. The second-order valence-corrected chi connectivity index (χ2v) is 8.56. The van der Waals surface area contributed by atoms with Gasteiger partial charge in [0.15, 0.2) is 0 Å². The molecule has 2 fully saturated rings. The molecule has 2 aromatic carbocycles. The minimum Gasteiger partial charge on any atom is -0.368 e. The minimum atomic E-state index is -4.60. The molecule has 0 aromatic heterocycles. The van der Waals surface area contributed by atoms with E-state index >= 15 is 0 Å². The highest BCUT2D eigenvalue weighted by Gasteiger charge is 2.73. The zero-order chi connectivity index (χ0) is 25.1. The smallest absolute Gasteiger partial charge is 0.368 e. The van der Waals surface area contributed by atoms with Crippen LogP contribution in [0.5, 0.6) is 0 Å². The Bertz CT molecular complexity index is 1070. The van der Waals surface area contributed by atoms with Crippen LogP contribution in [0.2, 0.25) is 0 Å². The number of benzene rings is 2. The highest BCUT2D eigenvalue weighted by molar-refractivity contribution is 5.85. The summed E-state index contributed by atoms with van der Waals surface area (Å²) in [5.74, 6) is -7.38. The second-order valence-electron chi connectivity index (χ2n) is 8.56. The lowest BCUT2D eigenvalue weighted by Gasteiger charge is -2.37. The predicted octanol–water partition coefficient (Wildman–Crippen LogP) is 5.73.